The quantitative estimate of drug-likeness (QED) is 0.622. The Balaban J connectivity index is 1.32. The minimum absolute atomic E-state index is 0.0623. The van der Waals surface area contributed by atoms with Crippen LogP contribution in [0.1, 0.15) is 59.3 Å². The van der Waals surface area contributed by atoms with E-state index in [1.165, 1.54) is 25.1 Å². The second kappa shape index (κ2) is 8.73. The van der Waals surface area contributed by atoms with E-state index in [1.54, 1.807) is 6.07 Å². The van der Waals surface area contributed by atoms with Gasteiger partial charge in [0.25, 0.3) is 0 Å². The molecule has 2 fully saturated rings. The molecule has 0 aromatic carbocycles. The molecule has 0 N–H and O–H groups in total. The van der Waals surface area contributed by atoms with Crippen molar-refractivity contribution in [1.29, 1.82) is 0 Å². The topological polar surface area (TPSA) is 85.8 Å². The van der Waals surface area contributed by atoms with Gasteiger partial charge in [0.1, 0.15) is 11.4 Å². The Hall–Kier alpha value is -1.83. The molecule has 2 heterocycles. The number of hydrogen-bond acceptors (Lipinski definition) is 6. The van der Waals surface area contributed by atoms with Crippen LogP contribution < -0.4 is 4.74 Å². The first-order valence-corrected chi connectivity index (χ1v) is 12.6. The van der Waals surface area contributed by atoms with E-state index in [0.717, 1.165) is 50.9 Å². The van der Waals surface area contributed by atoms with Gasteiger partial charge in [-0.1, -0.05) is 0 Å². The molecule has 1 saturated carbocycles. The van der Waals surface area contributed by atoms with E-state index in [4.69, 9.17) is 9.47 Å². The fourth-order valence-corrected chi connectivity index (χ4v) is 5.06. The standard InChI is InChI=1S/C22H34N2O5S/c1-21(2,3)29-20(25)24-11-9-22(10-12-24)14-17(15-22)6-5-13-28-18-7-8-19(23-16-18)30(4,26)27/h7-8,16-17H,5-6,9-15H2,1-4H3. The maximum atomic E-state index is 12.2. The molecule has 1 amide bonds. The van der Waals surface area contributed by atoms with Crippen molar-refractivity contribution >= 4 is 15.9 Å². The molecule has 1 aromatic heterocycles. The summed E-state index contributed by atoms with van der Waals surface area (Å²) < 4.78 is 34.0. The van der Waals surface area contributed by atoms with Crippen molar-refractivity contribution in [2.75, 3.05) is 26.0 Å². The summed E-state index contributed by atoms with van der Waals surface area (Å²) in [4.78, 5) is 18.0. The Kier molecular flexibility index (Phi) is 6.65. The van der Waals surface area contributed by atoms with Gasteiger partial charge in [0.05, 0.1) is 12.8 Å². The van der Waals surface area contributed by atoms with Crippen LogP contribution in [0.5, 0.6) is 5.75 Å². The van der Waals surface area contributed by atoms with Crippen LogP contribution in [-0.2, 0) is 14.6 Å². The van der Waals surface area contributed by atoms with Crippen molar-refractivity contribution in [3.8, 4) is 5.75 Å². The molecule has 1 aromatic rings. The van der Waals surface area contributed by atoms with Gasteiger partial charge in [-0.15, -0.1) is 0 Å². The van der Waals surface area contributed by atoms with E-state index >= 15 is 0 Å². The first-order chi connectivity index (χ1) is 14.0. The van der Waals surface area contributed by atoms with Crippen molar-refractivity contribution in [3.63, 3.8) is 0 Å². The van der Waals surface area contributed by atoms with E-state index in [2.05, 4.69) is 4.98 Å². The highest BCUT2D eigenvalue weighted by molar-refractivity contribution is 7.90. The molecule has 1 aliphatic carbocycles. The fraction of sp³-hybridized carbons (Fsp3) is 0.727. The van der Waals surface area contributed by atoms with E-state index in [0.29, 0.717) is 17.8 Å². The van der Waals surface area contributed by atoms with Gasteiger partial charge < -0.3 is 14.4 Å². The Bertz CT molecular complexity index is 829. The highest BCUT2D eigenvalue weighted by Gasteiger charge is 2.46. The van der Waals surface area contributed by atoms with Crippen LogP contribution in [0.15, 0.2) is 23.4 Å². The predicted octanol–water partition coefficient (Wildman–Crippen LogP) is 4.07. The van der Waals surface area contributed by atoms with Crippen molar-refractivity contribution in [3.05, 3.63) is 18.3 Å². The van der Waals surface area contributed by atoms with Crippen molar-refractivity contribution < 1.29 is 22.7 Å². The summed E-state index contributed by atoms with van der Waals surface area (Å²) in [5.74, 6) is 1.33. The molecular weight excluding hydrogens is 404 g/mol. The highest BCUT2D eigenvalue weighted by atomic mass is 32.2. The van der Waals surface area contributed by atoms with Gasteiger partial charge in [-0.2, -0.15) is 0 Å². The van der Waals surface area contributed by atoms with Crippen LogP contribution in [0.4, 0.5) is 4.79 Å². The molecule has 1 spiro atoms. The number of nitrogens with zero attached hydrogens (tertiary/aromatic N) is 2. The number of carbonyl (C=O) groups excluding carboxylic acids is 1. The summed E-state index contributed by atoms with van der Waals surface area (Å²) in [5, 5.41) is 0.0623. The molecule has 168 valence electrons. The molecule has 30 heavy (non-hydrogen) atoms. The number of ether oxygens (including phenoxy) is 2. The average molecular weight is 439 g/mol. The Morgan fingerprint density at radius 3 is 2.43 bits per heavy atom. The number of carbonyl (C=O) groups is 1. The maximum absolute atomic E-state index is 12.2. The fourth-order valence-electron chi connectivity index (χ4n) is 4.50. The minimum atomic E-state index is -3.28. The third kappa shape index (κ3) is 6.09. The van der Waals surface area contributed by atoms with Crippen LogP contribution in [0.25, 0.3) is 0 Å². The monoisotopic (exact) mass is 438 g/mol. The number of likely N-dealkylation sites (tertiary alicyclic amines) is 1. The molecule has 0 unspecified atom stereocenters. The minimum Gasteiger partial charge on any atom is -0.492 e. The summed E-state index contributed by atoms with van der Waals surface area (Å²) >= 11 is 0. The molecule has 8 heteroatoms. The molecule has 1 saturated heterocycles. The van der Waals surface area contributed by atoms with Crippen molar-refractivity contribution in [1.82, 2.24) is 9.88 Å². The average Bonchev–Trinajstić information content (AvgIpc) is 2.62. The lowest BCUT2D eigenvalue weighted by molar-refractivity contribution is -0.0300. The number of hydrogen-bond donors (Lipinski definition) is 0. The number of aromatic nitrogens is 1. The van der Waals surface area contributed by atoms with E-state index < -0.39 is 15.4 Å². The SMILES string of the molecule is CC(C)(C)OC(=O)N1CCC2(CC1)CC(CCCOc1ccc(S(C)(=O)=O)nc1)C2. The predicted molar refractivity (Wildman–Crippen MR) is 114 cm³/mol. The first-order valence-electron chi connectivity index (χ1n) is 10.7. The van der Waals surface area contributed by atoms with Gasteiger partial charge in [0.2, 0.25) is 0 Å². The lowest BCUT2D eigenvalue weighted by Crippen LogP contribution is -2.49. The lowest BCUT2D eigenvalue weighted by Gasteiger charge is -2.52. The third-order valence-corrected chi connectivity index (χ3v) is 7.04. The third-order valence-electron chi connectivity index (χ3n) is 6.03. The van der Waals surface area contributed by atoms with Gasteiger partial charge in [-0.25, -0.2) is 18.2 Å². The largest absolute Gasteiger partial charge is 0.492 e. The molecule has 3 rings (SSSR count). The van der Waals surface area contributed by atoms with Crippen LogP contribution >= 0.6 is 0 Å². The summed E-state index contributed by atoms with van der Waals surface area (Å²) in [6.07, 6.45) is 9.12. The molecular formula is C22H34N2O5S. The Morgan fingerprint density at radius 1 is 1.23 bits per heavy atom. The summed E-state index contributed by atoms with van der Waals surface area (Å²) in [5.41, 5.74) is -0.0307. The van der Waals surface area contributed by atoms with Crippen LogP contribution in [0.3, 0.4) is 0 Å². The maximum Gasteiger partial charge on any atom is 0.410 e. The van der Waals surface area contributed by atoms with E-state index in [-0.39, 0.29) is 11.1 Å². The molecule has 0 bridgehead atoms. The van der Waals surface area contributed by atoms with Gasteiger partial charge in [0, 0.05) is 19.3 Å². The normalized spacial score (nSPS) is 19.4. The molecule has 0 atom stereocenters. The highest BCUT2D eigenvalue weighted by Crippen LogP contribution is 2.54. The second-order valence-electron chi connectivity index (χ2n) is 9.84. The first kappa shape index (κ1) is 22.8. The number of piperidine rings is 1. The van der Waals surface area contributed by atoms with Gasteiger partial charge in [-0.05, 0) is 82.8 Å². The zero-order valence-electron chi connectivity index (χ0n) is 18.5. The van der Waals surface area contributed by atoms with Crippen molar-refractivity contribution in [2.45, 2.75) is 69.9 Å². The number of rotatable bonds is 6. The molecule has 1 aliphatic heterocycles. The van der Waals surface area contributed by atoms with Gasteiger partial charge in [-0.3, -0.25) is 0 Å². The lowest BCUT2D eigenvalue weighted by atomic mass is 9.56. The summed E-state index contributed by atoms with van der Waals surface area (Å²) in [6.45, 7) is 7.89. The molecule has 0 radical (unpaired) electrons. The van der Waals surface area contributed by atoms with Gasteiger partial charge in [0.15, 0.2) is 14.9 Å². The summed E-state index contributed by atoms with van der Waals surface area (Å²) in [6, 6.07) is 3.13. The zero-order valence-corrected chi connectivity index (χ0v) is 19.3. The zero-order chi connectivity index (χ0) is 22.0. The number of sulfone groups is 1. The van der Waals surface area contributed by atoms with E-state index in [9.17, 15) is 13.2 Å². The van der Waals surface area contributed by atoms with Crippen molar-refractivity contribution in [2.24, 2.45) is 11.3 Å². The molecule has 2 aliphatic rings. The number of pyridine rings is 1. The molecule has 7 nitrogen and oxygen atoms in total. The number of amides is 1. The van der Waals surface area contributed by atoms with Crippen LogP contribution in [-0.4, -0.2) is 55.9 Å². The Morgan fingerprint density at radius 2 is 1.90 bits per heavy atom. The van der Waals surface area contributed by atoms with Crippen LogP contribution in [0, 0.1) is 11.3 Å². The second-order valence-corrected chi connectivity index (χ2v) is 11.8. The van der Waals surface area contributed by atoms with Crippen LogP contribution in [0.2, 0.25) is 0 Å². The van der Waals surface area contributed by atoms with E-state index in [1.807, 2.05) is 25.7 Å². The van der Waals surface area contributed by atoms with Gasteiger partial charge >= 0.3 is 6.09 Å². The smallest absolute Gasteiger partial charge is 0.410 e. The summed E-state index contributed by atoms with van der Waals surface area (Å²) in [7, 11) is -3.28. The Labute approximate surface area is 180 Å².